The molecule has 3 nitrogen and oxygen atoms in total. The van der Waals surface area contributed by atoms with Gasteiger partial charge in [-0.25, -0.2) is 0 Å². The highest BCUT2D eigenvalue weighted by atomic mass is 35.5. The highest BCUT2D eigenvalue weighted by Crippen LogP contribution is 2.34. The Morgan fingerprint density at radius 3 is 2.47 bits per heavy atom. The van der Waals surface area contributed by atoms with Crippen LogP contribution in [0.3, 0.4) is 0 Å². The van der Waals surface area contributed by atoms with E-state index < -0.39 is 0 Å². The van der Waals surface area contributed by atoms with Crippen LogP contribution in [0.2, 0.25) is 5.02 Å². The molecule has 1 aromatic heterocycles. The van der Waals surface area contributed by atoms with E-state index in [1.54, 1.807) is 0 Å². The summed E-state index contributed by atoms with van der Waals surface area (Å²) in [5.74, 6) is 0.393. The summed E-state index contributed by atoms with van der Waals surface area (Å²) in [6, 6.07) is 0. The fraction of sp³-hybridized carbons (Fsp3) is 0.769. The maximum Gasteiger partial charge on any atom is 0.0847 e. The number of halogens is 1. The minimum atomic E-state index is -0.150. The third kappa shape index (κ3) is 2.83. The van der Waals surface area contributed by atoms with E-state index in [0.29, 0.717) is 5.92 Å². The minimum Gasteiger partial charge on any atom is -0.396 e. The van der Waals surface area contributed by atoms with Crippen molar-refractivity contribution in [1.29, 1.82) is 0 Å². The highest BCUT2D eigenvalue weighted by molar-refractivity contribution is 6.31. The lowest BCUT2D eigenvalue weighted by atomic mass is 9.76. The van der Waals surface area contributed by atoms with Gasteiger partial charge in [0, 0.05) is 13.2 Å². The monoisotopic (exact) mass is 258 g/mol. The van der Waals surface area contributed by atoms with Crippen LogP contribution in [0.15, 0.2) is 0 Å². The molecule has 1 unspecified atom stereocenters. The molecule has 0 saturated heterocycles. The zero-order valence-electron chi connectivity index (χ0n) is 11.4. The highest BCUT2D eigenvalue weighted by Gasteiger charge is 2.30. The first-order valence-electron chi connectivity index (χ1n) is 6.18. The third-order valence-corrected chi connectivity index (χ3v) is 4.27. The van der Waals surface area contributed by atoms with Gasteiger partial charge in [-0.2, -0.15) is 5.10 Å². The van der Waals surface area contributed by atoms with Crippen LogP contribution in [0.5, 0.6) is 0 Å². The Balaban J connectivity index is 3.09. The lowest BCUT2D eigenvalue weighted by molar-refractivity contribution is 0.0925. The fourth-order valence-corrected chi connectivity index (χ4v) is 2.07. The Kier molecular flexibility index (Phi) is 4.62. The van der Waals surface area contributed by atoms with Crippen LogP contribution in [0.1, 0.15) is 39.1 Å². The summed E-state index contributed by atoms with van der Waals surface area (Å²) in [6.45, 7) is 11.3. The fourth-order valence-electron chi connectivity index (χ4n) is 1.86. The molecular weight excluding hydrogens is 236 g/mol. The van der Waals surface area contributed by atoms with Crippen LogP contribution < -0.4 is 0 Å². The lowest BCUT2D eigenvalue weighted by Crippen LogP contribution is -2.31. The first-order chi connectivity index (χ1) is 7.85. The van der Waals surface area contributed by atoms with Crippen molar-refractivity contribution in [2.45, 2.75) is 47.6 Å². The Hall–Kier alpha value is -0.540. The Bertz CT molecular complexity index is 387. The quantitative estimate of drug-likeness (QED) is 0.882. The topological polar surface area (TPSA) is 38.0 Å². The number of aliphatic hydroxyl groups excluding tert-OH is 1. The normalized spacial score (nSPS) is 15.3. The van der Waals surface area contributed by atoms with E-state index in [1.165, 1.54) is 0 Å². The second kappa shape index (κ2) is 5.40. The summed E-state index contributed by atoms with van der Waals surface area (Å²) >= 11 is 6.30. The van der Waals surface area contributed by atoms with Gasteiger partial charge < -0.3 is 5.11 Å². The van der Waals surface area contributed by atoms with Crippen LogP contribution in [-0.2, 0) is 13.0 Å². The molecule has 0 aliphatic carbocycles. The molecule has 98 valence electrons. The number of aromatic nitrogens is 2. The maximum atomic E-state index is 9.61. The van der Waals surface area contributed by atoms with Crippen molar-refractivity contribution in [2.24, 2.45) is 11.3 Å². The van der Waals surface area contributed by atoms with E-state index in [-0.39, 0.29) is 12.0 Å². The first kappa shape index (κ1) is 14.5. The SMILES string of the molecule is CCn1nc(C)c(Cl)c1CC(C)(CO)C(C)C. The molecule has 0 aliphatic heterocycles. The zero-order valence-corrected chi connectivity index (χ0v) is 12.2. The van der Waals surface area contributed by atoms with E-state index in [9.17, 15) is 5.11 Å². The standard InChI is InChI=1S/C13H23ClN2O/c1-6-16-11(12(14)10(4)15-16)7-13(5,8-17)9(2)3/h9,17H,6-8H2,1-5H3. The predicted octanol–water partition coefficient (Wildman–Crippen LogP) is 3.06. The van der Waals surface area contributed by atoms with Gasteiger partial charge in [-0.3, -0.25) is 4.68 Å². The summed E-state index contributed by atoms with van der Waals surface area (Å²) < 4.78 is 1.94. The number of hydrogen-bond donors (Lipinski definition) is 1. The number of aliphatic hydroxyl groups is 1. The van der Waals surface area contributed by atoms with Gasteiger partial charge in [0.1, 0.15) is 0 Å². The van der Waals surface area contributed by atoms with Gasteiger partial charge in [0.2, 0.25) is 0 Å². The van der Waals surface area contributed by atoms with E-state index in [1.807, 2.05) is 11.6 Å². The van der Waals surface area contributed by atoms with Crippen LogP contribution in [-0.4, -0.2) is 21.5 Å². The summed E-state index contributed by atoms with van der Waals surface area (Å²) in [7, 11) is 0. The molecule has 4 heteroatoms. The molecule has 0 aromatic carbocycles. The van der Waals surface area contributed by atoms with Gasteiger partial charge in [-0.15, -0.1) is 0 Å². The average Bonchev–Trinajstić information content (AvgIpc) is 2.56. The largest absolute Gasteiger partial charge is 0.396 e. The van der Waals surface area contributed by atoms with E-state index >= 15 is 0 Å². The minimum absolute atomic E-state index is 0.150. The molecule has 0 radical (unpaired) electrons. The molecule has 0 aliphatic rings. The second-order valence-electron chi connectivity index (χ2n) is 5.31. The van der Waals surface area contributed by atoms with Crippen molar-refractivity contribution in [3.05, 3.63) is 16.4 Å². The van der Waals surface area contributed by atoms with Gasteiger partial charge in [0.05, 0.1) is 16.4 Å². The molecule has 1 atom stereocenters. The molecule has 17 heavy (non-hydrogen) atoms. The first-order valence-corrected chi connectivity index (χ1v) is 6.56. The summed E-state index contributed by atoms with van der Waals surface area (Å²) in [5, 5.41) is 14.8. The van der Waals surface area contributed by atoms with Gasteiger partial charge >= 0.3 is 0 Å². The number of aryl methyl sites for hydroxylation is 2. The molecule has 1 aromatic rings. The van der Waals surface area contributed by atoms with Gasteiger partial charge in [0.25, 0.3) is 0 Å². The van der Waals surface area contributed by atoms with Gasteiger partial charge in [-0.1, -0.05) is 32.4 Å². The second-order valence-corrected chi connectivity index (χ2v) is 5.68. The third-order valence-electron chi connectivity index (χ3n) is 3.78. The molecule has 0 bridgehead atoms. The number of rotatable bonds is 5. The molecule has 0 spiro atoms. The van der Waals surface area contributed by atoms with Crippen molar-refractivity contribution in [3.8, 4) is 0 Å². The van der Waals surface area contributed by atoms with E-state index in [0.717, 1.165) is 29.4 Å². The van der Waals surface area contributed by atoms with E-state index in [4.69, 9.17) is 11.6 Å². The lowest BCUT2D eigenvalue weighted by Gasteiger charge is -2.32. The van der Waals surface area contributed by atoms with E-state index in [2.05, 4.69) is 32.8 Å². The van der Waals surface area contributed by atoms with Gasteiger partial charge in [-0.05, 0) is 31.6 Å². The van der Waals surface area contributed by atoms with Crippen LogP contribution in [0.25, 0.3) is 0 Å². The summed E-state index contributed by atoms with van der Waals surface area (Å²) in [4.78, 5) is 0. The average molecular weight is 259 g/mol. The Labute approximate surface area is 109 Å². The molecule has 0 amide bonds. The number of nitrogens with zero attached hydrogens (tertiary/aromatic N) is 2. The summed E-state index contributed by atoms with van der Waals surface area (Å²) in [6.07, 6.45) is 0.759. The maximum absolute atomic E-state index is 9.61. The molecule has 0 fully saturated rings. The zero-order chi connectivity index (χ0) is 13.2. The van der Waals surface area contributed by atoms with Crippen molar-refractivity contribution < 1.29 is 5.11 Å². The van der Waals surface area contributed by atoms with Crippen molar-refractivity contribution >= 4 is 11.6 Å². The molecule has 1 N–H and O–H groups in total. The smallest absolute Gasteiger partial charge is 0.0847 e. The van der Waals surface area contributed by atoms with Crippen LogP contribution in [0.4, 0.5) is 0 Å². The molecular formula is C13H23ClN2O. The number of hydrogen-bond acceptors (Lipinski definition) is 2. The Morgan fingerprint density at radius 1 is 1.47 bits per heavy atom. The van der Waals surface area contributed by atoms with Crippen LogP contribution in [0, 0.1) is 18.3 Å². The molecule has 1 rings (SSSR count). The van der Waals surface area contributed by atoms with Crippen molar-refractivity contribution in [3.63, 3.8) is 0 Å². The van der Waals surface area contributed by atoms with Crippen molar-refractivity contribution in [1.82, 2.24) is 9.78 Å². The predicted molar refractivity (Wildman–Crippen MR) is 71.4 cm³/mol. The summed E-state index contributed by atoms with van der Waals surface area (Å²) in [5.41, 5.74) is 1.76. The van der Waals surface area contributed by atoms with Gasteiger partial charge in [0.15, 0.2) is 0 Å². The molecule has 0 saturated carbocycles. The Morgan fingerprint density at radius 2 is 2.06 bits per heavy atom. The van der Waals surface area contributed by atoms with Crippen molar-refractivity contribution in [2.75, 3.05) is 6.61 Å². The molecule has 1 heterocycles. The van der Waals surface area contributed by atoms with Crippen LogP contribution >= 0.6 is 11.6 Å².